The molecule has 0 aromatic carbocycles. The molecule has 0 fully saturated rings. The van der Waals surface area contributed by atoms with E-state index in [1.165, 1.54) is 0 Å². The molecule has 0 aromatic heterocycles. The minimum atomic E-state index is -0.0787. The lowest BCUT2D eigenvalue weighted by Gasteiger charge is -2.14. The fourth-order valence-electron chi connectivity index (χ4n) is 0.796. The van der Waals surface area contributed by atoms with E-state index in [1.54, 1.807) is 0 Å². The number of hydrogen-bond donors (Lipinski definition) is 2. The largest absolute Gasteiger partial charge is 0.302 e. The summed E-state index contributed by atoms with van der Waals surface area (Å²) in [4.78, 5) is 8.99. The molecule has 0 radical (unpaired) electrons. The van der Waals surface area contributed by atoms with Crippen molar-refractivity contribution in [2.75, 3.05) is 6.61 Å². The Morgan fingerprint density at radius 1 is 1.30 bits per heavy atom. The third-order valence-electron chi connectivity index (χ3n) is 1.21. The molecule has 0 aliphatic carbocycles. The van der Waals surface area contributed by atoms with E-state index in [9.17, 15) is 0 Å². The van der Waals surface area contributed by atoms with Crippen LogP contribution in [0.5, 0.6) is 0 Å². The molecule has 0 amide bonds. The Hall–Kier alpha value is -0.160. The first kappa shape index (κ1) is 9.84. The minimum absolute atomic E-state index is 0.0787. The molecule has 4 nitrogen and oxygen atoms in total. The van der Waals surface area contributed by atoms with Crippen LogP contribution in [0.25, 0.3) is 0 Å². The van der Waals surface area contributed by atoms with Gasteiger partial charge in [0.05, 0.1) is 6.61 Å². The van der Waals surface area contributed by atoms with Crippen LogP contribution in [0.3, 0.4) is 0 Å². The highest BCUT2D eigenvalue weighted by Crippen LogP contribution is 2.05. The number of rotatable bonds is 5. The summed E-state index contributed by atoms with van der Waals surface area (Å²) in [7, 11) is 0. The number of nitrogens with two attached hydrogens (primary N) is 2. The van der Waals surface area contributed by atoms with Crippen LogP contribution >= 0.6 is 0 Å². The van der Waals surface area contributed by atoms with Gasteiger partial charge in [0.1, 0.15) is 6.10 Å². The van der Waals surface area contributed by atoms with Crippen molar-refractivity contribution in [3.05, 3.63) is 0 Å². The van der Waals surface area contributed by atoms with Gasteiger partial charge in [-0.15, -0.1) is 0 Å². The predicted molar refractivity (Wildman–Crippen MR) is 38.7 cm³/mol. The smallest absolute Gasteiger partial charge is 0.104 e. The van der Waals surface area contributed by atoms with Crippen molar-refractivity contribution in [1.82, 2.24) is 0 Å². The van der Waals surface area contributed by atoms with Gasteiger partial charge in [-0.3, -0.25) is 4.84 Å². The van der Waals surface area contributed by atoms with Crippen molar-refractivity contribution in [3.63, 3.8) is 0 Å². The van der Waals surface area contributed by atoms with Crippen molar-refractivity contribution in [2.24, 2.45) is 17.7 Å². The molecule has 0 saturated heterocycles. The molecule has 0 aliphatic rings. The fourth-order valence-corrected chi connectivity index (χ4v) is 0.796. The molecule has 62 valence electrons. The molecule has 4 N–H and O–H groups in total. The van der Waals surface area contributed by atoms with Crippen LogP contribution in [0.1, 0.15) is 20.3 Å². The summed E-state index contributed by atoms with van der Waals surface area (Å²) in [5, 5.41) is 0. The summed E-state index contributed by atoms with van der Waals surface area (Å²) in [5.74, 6) is 10.4. The molecule has 0 heterocycles. The van der Waals surface area contributed by atoms with Crippen LogP contribution in [0.2, 0.25) is 0 Å². The van der Waals surface area contributed by atoms with Gasteiger partial charge in [0.25, 0.3) is 0 Å². The minimum Gasteiger partial charge on any atom is -0.302 e. The van der Waals surface area contributed by atoms with Gasteiger partial charge < -0.3 is 4.84 Å². The second-order valence-corrected chi connectivity index (χ2v) is 2.72. The second kappa shape index (κ2) is 5.61. The van der Waals surface area contributed by atoms with E-state index in [0.717, 1.165) is 6.42 Å². The zero-order valence-electron chi connectivity index (χ0n) is 6.54. The van der Waals surface area contributed by atoms with E-state index in [0.29, 0.717) is 12.5 Å². The molecule has 0 rings (SSSR count). The maximum absolute atomic E-state index is 4.97. The molecule has 0 aliphatic heterocycles. The van der Waals surface area contributed by atoms with E-state index in [1.807, 2.05) is 0 Å². The molecule has 1 unspecified atom stereocenters. The molecule has 1 atom stereocenters. The molecule has 0 aromatic rings. The van der Waals surface area contributed by atoms with Gasteiger partial charge in [0.15, 0.2) is 0 Å². The Balaban J connectivity index is 3.39. The summed E-state index contributed by atoms with van der Waals surface area (Å²) in [5.41, 5.74) is 0. The van der Waals surface area contributed by atoms with Crippen molar-refractivity contribution < 1.29 is 9.68 Å². The Morgan fingerprint density at radius 3 is 2.20 bits per heavy atom. The van der Waals surface area contributed by atoms with Crippen LogP contribution in [-0.4, -0.2) is 12.7 Å². The Morgan fingerprint density at radius 2 is 1.90 bits per heavy atom. The van der Waals surface area contributed by atoms with Crippen LogP contribution in [0.15, 0.2) is 0 Å². The zero-order valence-corrected chi connectivity index (χ0v) is 6.54. The standard InChI is InChI=1S/C6H16N2O2/c1-5(2)3-6(10-8)4-9-7/h5-6H,3-4,7-8H2,1-2H3. The van der Waals surface area contributed by atoms with Crippen LogP contribution < -0.4 is 11.8 Å². The van der Waals surface area contributed by atoms with Crippen LogP contribution in [0.4, 0.5) is 0 Å². The second-order valence-electron chi connectivity index (χ2n) is 2.72. The molecule has 0 spiro atoms. The van der Waals surface area contributed by atoms with Crippen molar-refractivity contribution in [3.8, 4) is 0 Å². The van der Waals surface area contributed by atoms with E-state index in [-0.39, 0.29) is 6.10 Å². The van der Waals surface area contributed by atoms with E-state index in [4.69, 9.17) is 11.8 Å². The first-order valence-corrected chi connectivity index (χ1v) is 3.38. The molecule has 0 saturated carbocycles. The molecular formula is C6H16N2O2. The molecule has 10 heavy (non-hydrogen) atoms. The first-order valence-electron chi connectivity index (χ1n) is 3.38. The average Bonchev–Trinajstić information content (AvgIpc) is 1.86. The lowest BCUT2D eigenvalue weighted by molar-refractivity contribution is -0.0280. The van der Waals surface area contributed by atoms with Crippen LogP contribution in [-0.2, 0) is 9.68 Å². The van der Waals surface area contributed by atoms with E-state index in [2.05, 4.69) is 23.5 Å². The normalized spacial score (nSPS) is 14.1. The Kier molecular flexibility index (Phi) is 5.52. The van der Waals surface area contributed by atoms with Gasteiger partial charge in [0, 0.05) is 0 Å². The van der Waals surface area contributed by atoms with Crippen LogP contribution in [0, 0.1) is 5.92 Å². The Labute approximate surface area is 61.4 Å². The van der Waals surface area contributed by atoms with E-state index < -0.39 is 0 Å². The van der Waals surface area contributed by atoms with Gasteiger partial charge in [-0.2, -0.15) is 0 Å². The monoisotopic (exact) mass is 148 g/mol. The lowest BCUT2D eigenvalue weighted by Crippen LogP contribution is -2.26. The third-order valence-corrected chi connectivity index (χ3v) is 1.21. The topological polar surface area (TPSA) is 70.5 Å². The fraction of sp³-hybridized carbons (Fsp3) is 1.00. The average molecular weight is 148 g/mol. The Bertz CT molecular complexity index is 78.1. The highest BCUT2D eigenvalue weighted by Gasteiger charge is 2.09. The SMILES string of the molecule is CC(C)CC(CON)ON. The first-order chi connectivity index (χ1) is 4.70. The summed E-state index contributed by atoms with van der Waals surface area (Å²) < 4.78 is 0. The maximum Gasteiger partial charge on any atom is 0.104 e. The maximum atomic E-state index is 4.97. The van der Waals surface area contributed by atoms with Crippen molar-refractivity contribution >= 4 is 0 Å². The third kappa shape index (κ3) is 4.69. The summed E-state index contributed by atoms with van der Waals surface area (Å²) in [6.45, 7) is 4.53. The van der Waals surface area contributed by atoms with Gasteiger partial charge >= 0.3 is 0 Å². The summed E-state index contributed by atoms with van der Waals surface area (Å²) >= 11 is 0. The highest BCUT2D eigenvalue weighted by molar-refractivity contribution is 4.57. The van der Waals surface area contributed by atoms with E-state index >= 15 is 0 Å². The van der Waals surface area contributed by atoms with Gasteiger partial charge in [-0.25, -0.2) is 11.8 Å². The molecule has 0 bridgehead atoms. The highest BCUT2D eigenvalue weighted by atomic mass is 16.7. The van der Waals surface area contributed by atoms with Gasteiger partial charge in [-0.05, 0) is 12.3 Å². The van der Waals surface area contributed by atoms with Crippen molar-refractivity contribution in [1.29, 1.82) is 0 Å². The quantitative estimate of drug-likeness (QED) is 0.546. The molecule has 4 heteroatoms. The molecular weight excluding hydrogens is 132 g/mol. The van der Waals surface area contributed by atoms with Crippen molar-refractivity contribution in [2.45, 2.75) is 26.4 Å². The van der Waals surface area contributed by atoms with Gasteiger partial charge in [0.2, 0.25) is 0 Å². The summed E-state index contributed by atoms with van der Waals surface area (Å²) in [6.07, 6.45) is 0.790. The predicted octanol–water partition coefficient (Wildman–Crippen LogP) is 0.182. The lowest BCUT2D eigenvalue weighted by atomic mass is 10.1. The van der Waals surface area contributed by atoms with Gasteiger partial charge in [-0.1, -0.05) is 13.8 Å². The summed E-state index contributed by atoms with van der Waals surface area (Å²) in [6, 6.07) is 0. The zero-order chi connectivity index (χ0) is 7.98. The number of hydrogen-bond acceptors (Lipinski definition) is 4.